The van der Waals surface area contributed by atoms with Gasteiger partial charge in [-0.15, -0.1) is 0 Å². The summed E-state index contributed by atoms with van der Waals surface area (Å²) < 4.78 is 29.1. The van der Waals surface area contributed by atoms with Crippen molar-refractivity contribution in [3.8, 4) is 5.75 Å². The number of fused-ring (bicyclic) bond motifs is 1. The van der Waals surface area contributed by atoms with Crippen molar-refractivity contribution in [1.29, 1.82) is 0 Å². The Hall–Kier alpha value is -2.02. The fraction of sp³-hybridized carbons (Fsp3) is 0.471. The minimum Gasteiger partial charge on any atom is -0.490 e. The molecule has 2 aromatic rings. The van der Waals surface area contributed by atoms with E-state index in [4.69, 9.17) is 21.9 Å². The summed E-state index contributed by atoms with van der Waals surface area (Å²) in [4.78, 5) is 7.05. The molecule has 0 radical (unpaired) electrons. The number of rotatable bonds is 5. The third-order valence-corrected chi connectivity index (χ3v) is 6.53. The molecule has 3 rings (SSSR count). The molecule has 9 heteroatoms. The molecule has 1 aliphatic rings. The highest BCUT2D eigenvalue weighted by Crippen LogP contribution is 2.39. The van der Waals surface area contributed by atoms with Crippen LogP contribution < -0.4 is 4.74 Å². The topological polar surface area (TPSA) is 105 Å². The first-order valence-electron chi connectivity index (χ1n) is 8.12. The average molecular weight is 395 g/mol. The SMILES string of the molecule is CC(C)(N=[N+]=[N-])c1ccc(O[C@H]2C[C@@H](S(C)(=O)=O)C2)c2cnc(Cl)cc12. The summed E-state index contributed by atoms with van der Waals surface area (Å²) in [6.07, 6.45) is 3.68. The Balaban J connectivity index is 1.98. The molecule has 1 heterocycles. The number of hydrogen-bond acceptors (Lipinski definition) is 5. The van der Waals surface area contributed by atoms with Gasteiger partial charge in [0.15, 0.2) is 9.84 Å². The fourth-order valence-electron chi connectivity index (χ4n) is 3.13. The van der Waals surface area contributed by atoms with Gasteiger partial charge in [-0.1, -0.05) is 36.6 Å². The molecule has 1 saturated carbocycles. The highest BCUT2D eigenvalue weighted by atomic mass is 35.5. The van der Waals surface area contributed by atoms with E-state index in [1.54, 1.807) is 18.3 Å². The number of azide groups is 1. The summed E-state index contributed by atoms with van der Waals surface area (Å²) in [5.41, 5.74) is 8.88. The maximum absolute atomic E-state index is 11.6. The molecule has 0 unspecified atom stereocenters. The highest BCUT2D eigenvalue weighted by molar-refractivity contribution is 7.91. The predicted octanol–water partition coefficient (Wildman–Crippen LogP) is 4.39. The van der Waals surface area contributed by atoms with Gasteiger partial charge >= 0.3 is 0 Å². The second-order valence-electron chi connectivity index (χ2n) is 7.08. The Labute approximate surface area is 156 Å². The van der Waals surface area contributed by atoms with Crippen LogP contribution in [0.15, 0.2) is 29.5 Å². The standard InChI is InChI=1S/C17H19ClN4O3S/c1-17(2,21-22-19)14-4-5-15(13-9-20-16(18)8-12(13)14)25-10-6-11(7-10)26(3,23)24/h4-5,8-11H,6-7H2,1-3H3/t10-,11+. The van der Waals surface area contributed by atoms with E-state index >= 15 is 0 Å². The first-order chi connectivity index (χ1) is 12.1. The Morgan fingerprint density at radius 2 is 2.04 bits per heavy atom. The van der Waals surface area contributed by atoms with Crippen LogP contribution in [0.5, 0.6) is 5.75 Å². The van der Waals surface area contributed by atoms with Crippen LogP contribution in [0.3, 0.4) is 0 Å². The fourth-order valence-corrected chi connectivity index (χ4v) is 4.42. The zero-order chi connectivity index (χ0) is 19.1. The van der Waals surface area contributed by atoms with Crippen LogP contribution in [0, 0.1) is 0 Å². The van der Waals surface area contributed by atoms with Crippen molar-refractivity contribution >= 4 is 32.2 Å². The third kappa shape index (κ3) is 3.58. The van der Waals surface area contributed by atoms with Crippen LogP contribution in [0.25, 0.3) is 21.2 Å². The van der Waals surface area contributed by atoms with Crippen molar-refractivity contribution in [2.24, 2.45) is 5.11 Å². The van der Waals surface area contributed by atoms with Gasteiger partial charge in [0.05, 0.1) is 10.8 Å². The summed E-state index contributed by atoms with van der Waals surface area (Å²) in [6.45, 7) is 3.64. The summed E-state index contributed by atoms with van der Waals surface area (Å²) in [6, 6.07) is 5.36. The van der Waals surface area contributed by atoms with Crippen molar-refractivity contribution in [3.63, 3.8) is 0 Å². The number of nitrogens with zero attached hydrogens (tertiary/aromatic N) is 4. The molecule has 0 atom stereocenters. The molecule has 0 spiro atoms. The lowest BCUT2D eigenvalue weighted by atomic mass is 9.90. The Kier molecular flexibility index (Phi) is 4.77. The largest absolute Gasteiger partial charge is 0.490 e. The lowest BCUT2D eigenvalue weighted by molar-refractivity contribution is 0.125. The number of aromatic nitrogens is 1. The summed E-state index contributed by atoms with van der Waals surface area (Å²) in [7, 11) is -3.03. The molecule has 138 valence electrons. The van der Waals surface area contributed by atoms with E-state index in [2.05, 4.69) is 15.0 Å². The van der Waals surface area contributed by atoms with Gasteiger partial charge in [-0.3, -0.25) is 0 Å². The van der Waals surface area contributed by atoms with E-state index in [-0.39, 0.29) is 11.4 Å². The molecule has 0 amide bonds. The van der Waals surface area contributed by atoms with E-state index in [0.29, 0.717) is 23.7 Å². The van der Waals surface area contributed by atoms with Gasteiger partial charge in [-0.2, -0.15) is 0 Å². The number of sulfone groups is 1. The van der Waals surface area contributed by atoms with Crippen LogP contribution in [0.4, 0.5) is 0 Å². The molecule has 1 fully saturated rings. The van der Waals surface area contributed by atoms with E-state index in [0.717, 1.165) is 16.3 Å². The quantitative estimate of drug-likeness (QED) is 0.324. The lowest BCUT2D eigenvalue weighted by Crippen LogP contribution is -2.42. The normalized spacial score (nSPS) is 20.3. The predicted molar refractivity (Wildman–Crippen MR) is 101 cm³/mol. The number of benzene rings is 1. The monoisotopic (exact) mass is 394 g/mol. The van der Waals surface area contributed by atoms with Crippen LogP contribution in [0.1, 0.15) is 32.3 Å². The molecule has 0 N–H and O–H groups in total. The summed E-state index contributed by atoms with van der Waals surface area (Å²) >= 11 is 6.06. The molecular weight excluding hydrogens is 376 g/mol. The molecule has 1 aromatic heterocycles. The molecule has 7 nitrogen and oxygen atoms in total. The molecule has 0 saturated heterocycles. The van der Waals surface area contributed by atoms with Crippen molar-refractivity contribution in [3.05, 3.63) is 45.6 Å². The van der Waals surface area contributed by atoms with Gasteiger partial charge in [-0.05, 0) is 28.6 Å². The smallest absolute Gasteiger partial charge is 0.150 e. The van der Waals surface area contributed by atoms with Gasteiger partial charge in [0.25, 0.3) is 0 Å². The van der Waals surface area contributed by atoms with Gasteiger partial charge in [0, 0.05) is 35.6 Å². The molecule has 26 heavy (non-hydrogen) atoms. The minimum absolute atomic E-state index is 0.149. The van der Waals surface area contributed by atoms with Crippen molar-refractivity contribution in [2.45, 2.75) is 43.6 Å². The first kappa shape index (κ1) is 18.8. The third-order valence-electron chi connectivity index (χ3n) is 4.73. The second kappa shape index (κ2) is 6.61. The van der Waals surface area contributed by atoms with Gasteiger partial charge < -0.3 is 4.74 Å². The Morgan fingerprint density at radius 1 is 1.35 bits per heavy atom. The Bertz CT molecular complexity index is 1010. The van der Waals surface area contributed by atoms with Crippen LogP contribution >= 0.6 is 11.6 Å². The average Bonchev–Trinajstić information content (AvgIpc) is 2.48. The van der Waals surface area contributed by atoms with Crippen LogP contribution in [-0.2, 0) is 15.4 Å². The molecule has 1 aliphatic carbocycles. The van der Waals surface area contributed by atoms with Gasteiger partial charge in [-0.25, -0.2) is 13.4 Å². The van der Waals surface area contributed by atoms with Crippen molar-refractivity contribution in [2.75, 3.05) is 6.26 Å². The van der Waals surface area contributed by atoms with E-state index < -0.39 is 15.4 Å². The zero-order valence-electron chi connectivity index (χ0n) is 14.7. The molecule has 0 aliphatic heterocycles. The molecule has 1 aromatic carbocycles. The number of ether oxygens (including phenoxy) is 1. The zero-order valence-corrected chi connectivity index (χ0v) is 16.3. The maximum Gasteiger partial charge on any atom is 0.150 e. The van der Waals surface area contributed by atoms with Crippen molar-refractivity contribution in [1.82, 2.24) is 4.98 Å². The van der Waals surface area contributed by atoms with E-state index in [1.807, 2.05) is 19.9 Å². The van der Waals surface area contributed by atoms with E-state index in [9.17, 15) is 8.42 Å². The van der Waals surface area contributed by atoms with Crippen LogP contribution in [0.2, 0.25) is 5.15 Å². The van der Waals surface area contributed by atoms with Gasteiger partial charge in [0.2, 0.25) is 0 Å². The number of hydrogen-bond donors (Lipinski definition) is 0. The lowest BCUT2D eigenvalue weighted by Gasteiger charge is -2.34. The van der Waals surface area contributed by atoms with Gasteiger partial charge in [0.1, 0.15) is 17.0 Å². The first-order valence-corrected chi connectivity index (χ1v) is 10.5. The van der Waals surface area contributed by atoms with Crippen LogP contribution in [-0.4, -0.2) is 31.0 Å². The molecule has 0 bridgehead atoms. The van der Waals surface area contributed by atoms with E-state index in [1.165, 1.54) is 6.26 Å². The number of halogens is 1. The number of pyridine rings is 1. The Morgan fingerprint density at radius 3 is 2.65 bits per heavy atom. The van der Waals surface area contributed by atoms with Crippen molar-refractivity contribution < 1.29 is 13.2 Å². The summed E-state index contributed by atoms with van der Waals surface area (Å²) in [5, 5.41) is 5.40. The minimum atomic E-state index is -3.03. The molecular formula is C17H19ClN4O3S. The highest BCUT2D eigenvalue weighted by Gasteiger charge is 2.38. The summed E-state index contributed by atoms with van der Waals surface area (Å²) in [5.74, 6) is 0.613. The maximum atomic E-state index is 11.6. The second-order valence-corrected chi connectivity index (χ2v) is 9.79.